The lowest BCUT2D eigenvalue weighted by Crippen LogP contribution is -2.54. The first kappa shape index (κ1) is 26.5. The Labute approximate surface area is 210 Å². The number of morpholine rings is 1. The summed E-state index contributed by atoms with van der Waals surface area (Å²) in [5.74, 6) is -0.0336. The molecule has 0 N–H and O–H groups in total. The van der Waals surface area contributed by atoms with Crippen molar-refractivity contribution in [3.63, 3.8) is 0 Å². The van der Waals surface area contributed by atoms with Crippen LogP contribution in [-0.4, -0.2) is 125 Å². The third kappa shape index (κ3) is 6.42. The maximum atomic E-state index is 13.4. The van der Waals surface area contributed by atoms with Gasteiger partial charge in [0.2, 0.25) is 15.9 Å². The molecule has 1 atom stereocenters. The molecule has 0 bridgehead atoms. The molecule has 3 aliphatic heterocycles. The summed E-state index contributed by atoms with van der Waals surface area (Å²) in [7, 11) is -1.52. The molecule has 3 heterocycles. The molecule has 0 aliphatic carbocycles. The zero-order chi connectivity index (χ0) is 25.0. The number of benzene rings is 1. The van der Waals surface area contributed by atoms with Crippen molar-refractivity contribution in [2.75, 3.05) is 79.3 Å². The van der Waals surface area contributed by atoms with Gasteiger partial charge in [0.25, 0.3) is 0 Å². The largest absolute Gasteiger partial charge is 0.378 e. The molecule has 3 fully saturated rings. The quantitative estimate of drug-likeness (QED) is 0.542. The molecule has 3 saturated heterocycles. The van der Waals surface area contributed by atoms with Gasteiger partial charge in [0.15, 0.2) is 0 Å². The highest BCUT2D eigenvalue weighted by molar-refractivity contribution is 7.89. The van der Waals surface area contributed by atoms with E-state index >= 15 is 0 Å². The summed E-state index contributed by atoms with van der Waals surface area (Å²) in [4.78, 5) is 19.8. The maximum absolute atomic E-state index is 13.4. The Balaban J connectivity index is 1.27. The number of hydrogen-bond acceptors (Lipinski definition) is 7. The lowest BCUT2D eigenvalue weighted by atomic mass is 10.0. The predicted octanol–water partition coefficient (Wildman–Crippen LogP) is 0.948. The predicted molar refractivity (Wildman–Crippen MR) is 134 cm³/mol. The van der Waals surface area contributed by atoms with Gasteiger partial charge in [-0.3, -0.25) is 9.69 Å². The Bertz CT molecular complexity index is 972. The standard InChI is InChI=1S/C25H40N4O5S/c1-20-4-5-21(2)24(16-20)35(31,32)29-14-15-33-17-23(29)18-34-19-25(30)28-12-10-27(11-13-28)22-6-8-26(3)9-7-22/h4-5,16,22-23H,6-15,17-19H2,1-3H3. The van der Waals surface area contributed by atoms with Crippen molar-refractivity contribution >= 4 is 15.9 Å². The number of rotatable bonds is 7. The topological polar surface area (TPSA) is 82.6 Å². The average Bonchev–Trinajstić information content (AvgIpc) is 2.86. The van der Waals surface area contributed by atoms with Crippen LogP contribution in [0.25, 0.3) is 0 Å². The molecule has 1 amide bonds. The van der Waals surface area contributed by atoms with Gasteiger partial charge in [0.1, 0.15) is 6.61 Å². The van der Waals surface area contributed by atoms with Crippen molar-refractivity contribution in [1.29, 1.82) is 0 Å². The summed E-state index contributed by atoms with van der Waals surface area (Å²) >= 11 is 0. The minimum Gasteiger partial charge on any atom is -0.378 e. The van der Waals surface area contributed by atoms with E-state index in [4.69, 9.17) is 9.47 Å². The number of piperidine rings is 1. The lowest BCUT2D eigenvalue weighted by molar-refractivity contribution is -0.139. The van der Waals surface area contributed by atoms with E-state index in [-0.39, 0.29) is 32.3 Å². The Morgan fingerprint density at radius 2 is 1.77 bits per heavy atom. The molecule has 0 aromatic heterocycles. The van der Waals surface area contributed by atoms with Gasteiger partial charge in [-0.1, -0.05) is 12.1 Å². The number of aryl methyl sites for hydroxylation is 2. The van der Waals surface area contributed by atoms with Crippen LogP contribution in [0.2, 0.25) is 0 Å². The molecular weight excluding hydrogens is 468 g/mol. The number of carbonyl (C=O) groups excluding carboxylic acids is 1. The number of sulfonamides is 1. The molecule has 4 rings (SSSR count). The van der Waals surface area contributed by atoms with Crippen molar-refractivity contribution < 1.29 is 22.7 Å². The smallest absolute Gasteiger partial charge is 0.248 e. The third-order valence-electron chi connectivity index (χ3n) is 7.51. The van der Waals surface area contributed by atoms with Crippen molar-refractivity contribution in [1.82, 2.24) is 19.0 Å². The summed E-state index contributed by atoms with van der Waals surface area (Å²) in [5, 5.41) is 0. The van der Waals surface area contributed by atoms with E-state index in [2.05, 4.69) is 16.8 Å². The van der Waals surface area contributed by atoms with Gasteiger partial charge in [0, 0.05) is 38.8 Å². The van der Waals surface area contributed by atoms with Crippen molar-refractivity contribution in [2.45, 2.75) is 43.7 Å². The molecule has 3 aliphatic rings. The molecule has 0 saturated carbocycles. The van der Waals surface area contributed by atoms with Crippen LogP contribution in [0.4, 0.5) is 0 Å². The summed E-state index contributed by atoms with van der Waals surface area (Å²) in [5.41, 5.74) is 1.62. The number of hydrogen-bond donors (Lipinski definition) is 0. The van der Waals surface area contributed by atoms with Gasteiger partial charge in [-0.2, -0.15) is 4.31 Å². The number of nitrogens with zero attached hydrogens (tertiary/aromatic N) is 4. The molecule has 0 spiro atoms. The van der Waals surface area contributed by atoms with Gasteiger partial charge in [-0.15, -0.1) is 0 Å². The summed E-state index contributed by atoms with van der Waals surface area (Å²) < 4.78 is 39.6. The van der Waals surface area contributed by atoms with Gasteiger partial charge < -0.3 is 19.3 Å². The van der Waals surface area contributed by atoms with Crippen LogP contribution in [0.15, 0.2) is 23.1 Å². The van der Waals surface area contributed by atoms with E-state index in [1.165, 1.54) is 17.1 Å². The first-order valence-corrected chi connectivity index (χ1v) is 14.1. The van der Waals surface area contributed by atoms with Gasteiger partial charge in [-0.25, -0.2) is 8.42 Å². The first-order valence-electron chi connectivity index (χ1n) is 12.7. The van der Waals surface area contributed by atoms with Gasteiger partial charge in [-0.05, 0) is 64.0 Å². The van der Waals surface area contributed by atoms with E-state index in [1.54, 1.807) is 6.07 Å². The molecule has 1 aromatic rings. The summed E-state index contributed by atoms with van der Waals surface area (Å²) in [6.07, 6.45) is 2.39. The minimum absolute atomic E-state index is 0.0336. The number of amides is 1. The van der Waals surface area contributed by atoms with E-state index in [9.17, 15) is 13.2 Å². The molecule has 1 unspecified atom stereocenters. The molecular formula is C25H40N4O5S. The monoisotopic (exact) mass is 508 g/mol. The fraction of sp³-hybridized carbons (Fsp3) is 0.720. The van der Waals surface area contributed by atoms with Gasteiger partial charge in [0.05, 0.1) is 30.8 Å². The Morgan fingerprint density at radius 1 is 1.06 bits per heavy atom. The SMILES string of the molecule is Cc1ccc(C)c(S(=O)(=O)N2CCOCC2COCC(=O)N2CCN(C3CCN(C)CC3)CC2)c1. The van der Waals surface area contributed by atoms with Crippen LogP contribution < -0.4 is 0 Å². The number of carbonyl (C=O) groups is 1. The average molecular weight is 509 g/mol. The van der Waals surface area contributed by atoms with Crippen LogP contribution >= 0.6 is 0 Å². The number of likely N-dealkylation sites (tertiary alicyclic amines) is 1. The zero-order valence-electron chi connectivity index (χ0n) is 21.3. The van der Waals surface area contributed by atoms with Crippen molar-refractivity contribution in [2.24, 2.45) is 0 Å². The highest BCUT2D eigenvalue weighted by Crippen LogP contribution is 2.25. The normalized spacial score (nSPS) is 24.1. The van der Waals surface area contributed by atoms with Gasteiger partial charge >= 0.3 is 0 Å². The van der Waals surface area contributed by atoms with Crippen LogP contribution in [0.3, 0.4) is 0 Å². The summed E-state index contributed by atoms with van der Waals surface area (Å²) in [6.45, 7) is 10.2. The van der Waals surface area contributed by atoms with Crippen LogP contribution in [0, 0.1) is 13.8 Å². The zero-order valence-corrected chi connectivity index (χ0v) is 22.1. The highest BCUT2D eigenvalue weighted by Gasteiger charge is 2.35. The number of ether oxygens (including phenoxy) is 2. The van der Waals surface area contributed by atoms with Crippen molar-refractivity contribution in [3.05, 3.63) is 29.3 Å². The Morgan fingerprint density at radius 3 is 2.49 bits per heavy atom. The Kier molecular flexibility index (Phi) is 8.83. The maximum Gasteiger partial charge on any atom is 0.248 e. The van der Waals surface area contributed by atoms with Crippen molar-refractivity contribution in [3.8, 4) is 0 Å². The van der Waals surface area contributed by atoms with Crippen LogP contribution in [-0.2, 0) is 24.3 Å². The third-order valence-corrected chi connectivity index (χ3v) is 9.60. The van der Waals surface area contributed by atoms with Crippen LogP contribution in [0.5, 0.6) is 0 Å². The molecule has 10 heteroatoms. The van der Waals surface area contributed by atoms with E-state index in [1.807, 2.05) is 30.9 Å². The second kappa shape index (κ2) is 11.7. The molecule has 1 aromatic carbocycles. The molecule has 35 heavy (non-hydrogen) atoms. The van der Waals surface area contributed by atoms with E-state index in [0.29, 0.717) is 30.6 Å². The van der Waals surface area contributed by atoms with Crippen LogP contribution in [0.1, 0.15) is 24.0 Å². The number of piperazine rings is 1. The minimum atomic E-state index is -3.69. The molecule has 9 nitrogen and oxygen atoms in total. The van der Waals surface area contributed by atoms with E-state index in [0.717, 1.165) is 37.3 Å². The molecule has 0 radical (unpaired) electrons. The molecule has 196 valence electrons. The summed E-state index contributed by atoms with van der Waals surface area (Å²) in [6, 6.07) is 5.62. The van der Waals surface area contributed by atoms with E-state index < -0.39 is 16.1 Å². The second-order valence-corrected chi connectivity index (χ2v) is 11.9. The second-order valence-electron chi connectivity index (χ2n) is 10.1. The first-order chi connectivity index (χ1) is 16.8. The fourth-order valence-corrected chi connectivity index (χ4v) is 7.16. The lowest BCUT2D eigenvalue weighted by Gasteiger charge is -2.42. The Hall–Kier alpha value is -1.56. The fourth-order valence-electron chi connectivity index (χ4n) is 5.27. The highest BCUT2D eigenvalue weighted by atomic mass is 32.2.